The van der Waals surface area contributed by atoms with Crippen molar-refractivity contribution in [2.75, 3.05) is 11.9 Å². The Morgan fingerprint density at radius 3 is 2.69 bits per heavy atom. The Bertz CT molecular complexity index is 1260. The van der Waals surface area contributed by atoms with E-state index in [1.54, 1.807) is 18.2 Å². The molecule has 0 saturated heterocycles. The molecular formula is C24H22FN5O2. The van der Waals surface area contributed by atoms with E-state index in [0.29, 0.717) is 30.4 Å². The van der Waals surface area contributed by atoms with E-state index in [-0.39, 0.29) is 24.0 Å². The third kappa shape index (κ3) is 4.58. The van der Waals surface area contributed by atoms with Crippen LogP contribution >= 0.6 is 0 Å². The first-order valence-corrected chi connectivity index (χ1v) is 10.4. The second-order valence-corrected chi connectivity index (χ2v) is 7.44. The summed E-state index contributed by atoms with van der Waals surface area (Å²) in [5.41, 5.74) is 3.52. The van der Waals surface area contributed by atoms with Crippen molar-refractivity contribution in [3.05, 3.63) is 71.5 Å². The molecule has 32 heavy (non-hydrogen) atoms. The van der Waals surface area contributed by atoms with Crippen LogP contribution in [0.25, 0.3) is 22.0 Å². The molecule has 8 heteroatoms. The van der Waals surface area contributed by atoms with Gasteiger partial charge in [-0.3, -0.25) is 0 Å². The molecule has 2 heterocycles. The van der Waals surface area contributed by atoms with Crippen LogP contribution in [0.15, 0.2) is 52.9 Å². The van der Waals surface area contributed by atoms with Crippen molar-refractivity contribution < 1.29 is 13.9 Å². The lowest BCUT2D eigenvalue weighted by atomic mass is 9.99. The molecule has 2 aromatic heterocycles. The van der Waals surface area contributed by atoms with E-state index in [0.717, 1.165) is 28.5 Å². The molecule has 0 spiro atoms. The van der Waals surface area contributed by atoms with E-state index in [4.69, 9.17) is 9.52 Å². The maximum Gasteiger partial charge on any atom is 0.315 e. The molecule has 0 aliphatic carbocycles. The number of halogens is 1. The summed E-state index contributed by atoms with van der Waals surface area (Å²) >= 11 is 0. The van der Waals surface area contributed by atoms with Gasteiger partial charge in [-0.25, -0.2) is 9.37 Å². The maximum absolute atomic E-state index is 13.3. The smallest absolute Gasteiger partial charge is 0.315 e. The molecule has 0 aliphatic heterocycles. The van der Waals surface area contributed by atoms with Crippen LogP contribution in [0.1, 0.15) is 42.8 Å². The van der Waals surface area contributed by atoms with Crippen molar-refractivity contribution in [2.45, 2.75) is 32.2 Å². The fraction of sp³-hybridized carbons (Fsp3) is 0.250. The number of hydrogen-bond donors (Lipinski definition) is 2. The summed E-state index contributed by atoms with van der Waals surface area (Å²) in [6.07, 6.45) is 1.38. The molecule has 162 valence electrons. The van der Waals surface area contributed by atoms with Gasteiger partial charge in [0.05, 0.1) is 5.52 Å². The number of aliphatic hydroxyl groups excluding tert-OH is 1. The van der Waals surface area contributed by atoms with Gasteiger partial charge in [-0.15, -0.1) is 5.10 Å². The zero-order chi connectivity index (χ0) is 22.5. The number of pyridine rings is 1. The number of nitriles is 1. The van der Waals surface area contributed by atoms with Gasteiger partial charge >= 0.3 is 6.01 Å². The molecule has 0 saturated carbocycles. The standard InChI is InChI=1S/C24H22FN5O2/c1-2-16(9-10-31)23-29-30-24(32-23)27-14-15-3-8-20-21(17-4-6-18(25)7-5-17)12-19(13-26)28-22(20)11-15/h3-8,11-12,16,31H,2,9-10,14H2,1H3,(H,27,30). The van der Waals surface area contributed by atoms with Crippen LogP contribution in [0, 0.1) is 17.1 Å². The van der Waals surface area contributed by atoms with Gasteiger partial charge < -0.3 is 14.8 Å². The molecule has 0 radical (unpaired) electrons. The number of aliphatic hydroxyl groups is 1. The zero-order valence-corrected chi connectivity index (χ0v) is 17.5. The predicted octanol–water partition coefficient (Wildman–Crippen LogP) is 4.78. The molecule has 0 fully saturated rings. The third-order valence-corrected chi connectivity index (χ3v) is 5.35. The number of anilines is 1. The zero-order valence-electron chi connectivity index (χ0n) is 17.5. The number of fused-ring (bicyclic) bond motifs is 1. The average molecular weight is 431 g/mol. The molecule has 0 amide bonds. The summed E-state index contributed by atoms with van der Waals surface area (Å²) in [6, 6.07) is 16.1. The van der Waals surface area contributed by atoms with Crippen molar-refractivity contribution >= 4 is 16.9 Å². The first kappa shape index (κ1) is 21.4. The summed E-state index contributed by atoms with van der Waals surface area (Å²) in [6.45, 7) is 2.51. The molecule has 0 aliphatic rings. The molecular weight excluding hydrogens is 409 g/mol. The lowest BCUT2D eigenvalue weighted by molar-refractivity contribution is 0.263. The van der Waals surface area contributed by atoms with E-state index in [1.807, 2.05) is 25.1 Å². The van der Waals surface area contributed by atoms with Crippen LogP contribution in [0.2, 0.25) is 0 Å². The number of rotatable bonds is 8. The van der Waals surface area contributed by atoms with Crippen LogP contribution in [0.5, 0.6) is 0 Å². The highest BCUT2D eigenvalue weighted by atomic mass is 19.1. The van der Waals surface area contributed by atoms with Gasteiger partial charge in [0, 0.05) is 24.5 Å². The minimum atomic E-state index is -0.313. The lowest BCUT2D eigenvalue weighted by Gasteiger charge is -2.10. The summed E-state index contributed by atoms with van der Waals surface area (Å²) in [4.78, 5) is 4.43. The lowest BCUT2D eigenvalue weighted by Crippen LogP contribution is -2.01. The fourth-order valence-corrected chi connectivity index (χ4v) is 3.62. The molecule has 2 N–H and O–H groups in total. The molecule has 7 nitrogen and oxygen atoms in total. The number of hydrogen-bond acceptors (Lipinski definition) is 7. The molecule has 4 rings (SSSR count). The minimum absolute atomic E-state index is 0.0298. The third-order valence-electron chi connectivity index (χ3n) is 5.35. The SMILES string of the molecule is CCC(CCO)c1nnc(NCc2ccc3c(-c4ccc(F)cc4)cc(C#N)nc3c2)o1. The molecule has 1 unspecified atom stereocenters. The summed E-state index contributed by atoms with van der Waals surface area (Å²) in [5.74, 6) is 0.223. The second kappa shape index (κ2) is 9.54. The van der Waals surface area contributed by atoms with Gasteiger partial charge in [0.15, 0.2) is 0 Å². The maximum atomic E-state index is 13.3. The largest absolute Gasteiger partial charge is 0.408 e. The van der Waals surface area contributed by atoms with Crippen LogP contribution in [-0.4, -0.2) is 26.9 Å². The molecule has 2 aromatic carbocycles. The Labute approximate surface area is 184 Å². The molecule has 0 bridgehead atoms. The first-order chi connectivity index (χ1) is 15.6. The number of benzene rings is 2. The van der Waals surface area contributed by atoms with Crippen molar-refractivity contribution in [1.82, 2.24) is 15.2 Å². The van der Waals surface area contributed by atoms with Crippen molar-refractivity contribution in [3.8, 4) is 17.2 Å². The van der Waals surface area contributed by atoms with Gasteiger partial charge in [-0.05, 0) is 53.8 Å². The van der Waals surface area contributed by atoms with Crippen LogP contribution in [0.4, 0.5) is 10.4 Å². The summed E-state index contributed by atoms with van der Waals surface area (Å²) in [5, 5.41) is 30.7. The van der Waals surface area contributed by atoms with Crippen LogP contribution in [-0.2, 0) is 6.54 Å². The Morgan fingerprint density at radius 1 is 1.16 bits per heavy atom. The highest BCUT2D eigenvalue weighted by Gasteiger charge is 2.16. The van der Waals surface area contributed by atoms with Gasteiger partial charge in [-0.1, -0.05) is 36.3 Å². The Kier molecular flexibility index (Phi) is 6.38. The Hall–Kier alpha value is -3.83. The van der Waals surface area contributed by atoms with Gasteiger partial charge in [0.2, 0.25) is 5.89 Å². The summed E-state index contributed by atoms with van der Waals surface area (Å²) < 4.78 is 19.0. The summed E-state index contributed by atoms with van der Waals surface area (Å²) in [7, 11) is 0. The first-order valence-electron chi connectivity index (χ1n) is 10.4. The van der Waals surface area contributed by atoms with Crippen molar-refractivity contribution in [1.29, 1.82) is 5.26 Å². The second-order valence-electron chi connectivity index (χ2n) is 7.44. The molecule has 1 atom stereocenters. The Morgan fingerprint density at radius 2 is 1.97 bits per heavy atom. The highest BCUT2D eigenvalue weighted by molar-refractivity contribution is 5.95. The number of nitrogens with one attached hydrogen (secondary N) is 1. The van der Waals surface area contributed by atoms with E-state index in [1.165, 1.54) is 12.1 Å². The van der Waals surface area contributed by atoms with Gasteiger partial charge in [0.1, 0.15) is 17.6 Å². The van der Waals surface area contributed by atoms with E-state index >= 15 is 0 Å². The van der Waals surface area contributed by atoms with Crippen LogP contribution < -0.4 is 5.32 Å². The van der Waals surface area contributed by atoms with E-state index in [2.05, 4.69) is 26.6 Å². The van der Waals surface area contributed by atoms with Gasteiger partial charge in [0.25, 0.3) is 0 Å². The molecule has 4 aromatic rings. The monoisotopic (exact) mass is 431 g/mol. The van der Waals surface area contributed by atoms with Crippen molar-refractivity contribution in [3.63, 3.8) is 0 Å². The topological polar surface area (TPSA) is 108 Å². The number of nitrogens with zero attached hydrogens (tertiary/aromatic N) is 4. The van der Waals surface area contributed by atoms with Gasteiger partial charge in [-0.2, -0.15) is 5.26 Å². The normalized spacial score (nSPS) is 11.9. The minimum Gasteiger partial charge on any atom is -0.408 e. The average Bonchev–Trinajstić information content (AvgIpc) is 3.29. The fourth-order valence-electron chi connectivity index (χ4n) is 3.62. The van der Waals surface area contributed by atoms with Crippen molar-refractivity contribution in [2.24, 2.45) is 0 Å². The van der Waals surface area contributed by atoms with Crippen LogP contribution in [0.3, 0.4) is 0 Å². The quantitative estimate of drug-likeness (QED) is 0.413. The Balaban J connectivity index is 1.58. The van der Waals surface area contributed by atoms with E-state index in [9.17, 15) is 9.65 Å². The highest BCUT2D eigenvalue weighted by Crippen LogP contribution is 2.30. The number of aromatic nitrogens is 3. The van der Waals surface area contributed by atoms with E-state index < -0.39 is 0 Å². The predicted molar refractivity (Wildman–Crippen MR) is 118 cm³/mol.